The fraction of sp³-hybridized carbons (Fsp3) is 0.682. The Morgan fingerprint density at radius 1 is 1.25 bits per heavy atom. The van der Waals surface area contributed by atoms with E-state index in [9.17, 15) is 4.79 Å². The van der Waals surface area contributed by atoms with Crippen molar-refractivity contribution >= 4 is 17.0 Å². The number of carbonyl (C=O) groups is 1. The number of likely N-dealkylation sites (tertiary alicyclic amines) is 1. The molecule has 0 radical (unpaired) electrons. The normalized spacial score (nSPS) is 18.8. The van der Waals surface area contributed by atoms with E-state index in [-0.39, 0.29) is 11.3 Å². The molecule has 2 fully saturated rings. The Morgan fingerprint density at radius 2 is 1.96 bits per heavy atom. The van der Waals surface area contributed by atoms with Gasteiger partial charge in [0.1, 0.15) is 0 Å². The van der Waals surface area contributed by atoms with E-state index in [1.165, 1.54) is 0 Å². The summed E-state index contributed by atoms with van der Waals surface area (Å²) in [6, 6.07) is 2.02. The van der Waals surface area contributed by atoms with E-state index in [4.69, 9.17) is 9.51 Å². The third-order valence-corrected chi connectivity index (χ3v) is 5.86. The number of nitrogens with one attached hydrogen (secondary N) is 1. The third-order valence-electron chi connectivity index (χ3n) is 5.86. The van der Waals surface area contributed by atoms with Crippen LogP contribution in [0.3, 0.4) is 0 Å². The third kappa shape index (κ3) is 4.07. The molecule has 1 N–H and O–H groups in total. The maximum Gasteiger partial charge on any atom is 0.259 e. The highest BCUT2D eigenvalue weighted by atomic mass is 16.5. The van der Waals surface area contributed by atoms with Crippen LogP contribution in [0.25, 0.3) is 11.1 Å². The van der Waals surface area contributed by atoms with Crippen molar-refractivity contribution in [2.75, 3.05) is 26.7 Å². The number of aromatic nitrogens is 2. The van der Waals surface area contributed by atoms with Gasteiger partial charge in [-0.2, -0.15) is 0 Å². The number of pyridine rings is 1. The molecule has 1 aliphatic carbocycles. The highest BCUT2D eigenvalue weighted by Crippen LogP contribution is 2.41. The zero-order valence-electron chi connectivity index (χ0n) is 17.5. The van der Waals surface area contributed by atoms with Crippen molar-refractivity contribution in [3.05, 3.63) is 23.0 Å². The number of rotatable bonds is 5. The summed E-state index contributed by atoms with van der Waals surface area (Å²) in [4.78, 5) is 20.2. The maximum absolute atomic E-state index is 13.5. The average Bonchev–Trinajstić information content (AvgIpc) is 3.43. The standard InChI is InChI=1S/C22H32N4O2/c1-22(2,3)12-18-19-16(11-17(15-5-6-15)24-20(19)28-25-18)21(27)26-9-7-14(8-10-26)13-23-4/h11,14-15,23H,5-10,12-13H2,1-4H3. The van der Waals surface area contributed by atoms with E-state index in [1.54, 1.807) is 0 Å². The van der Waals surface area contributed by atoms with Crippen LogP contribution in [-0.2, 0) is 6.42 Å². The van der Waals surface area contributed by atoms with E-state index < -0.39 is 0 Å². The van der Waals surface area contributed by atoms with Crippen molar-refractivity contribution in [1.29, 1.82) is 0 Å². The van der Waals surface area contributed by atoms with Gasteiger partial charge < -0.3 is 14.7 Å². The van der Waals surface area contributed by atoms with Crippen molar-refractivity contribution in [2.45, 2.75) is 58.8 Å². The van der Waals surface area contributed by atoms with Gasteiger partial charge in [0, 0.05) is 24.7 Å². The molecule has 0 spiro atoms. The molecule has 2 aromatic rings. The van der Waals surface area contributed by atoms with Crippen molar-refractivity contribution in [1.82, 2.24) is 20.4 Å². The van der Waals surface area contributed by atoms with Crippen molar-refractivity contribution in [3.63, 3.8) is 0 Å². The second kappa shape index (κ2) is 7.47. The summed E-state index contributed by atoms with van der Waals surface area (Å²) in [7, 11) is 1.99. The van der Waals surface area contributed by atoms with Crippen LogP contribution in [0.4, 0.5) is 0 Å². The quantitative estimate of drug-likeness (QED) is 0.850. The number of nitrogens with zero attached hydrogens (tertiary/aromatic N) is 3. The van der Waals surface area contributed by atoms with Gasteiger partial charge in [-0.05, 0) is 63.1 Å². The lowest BCUT2D eigenvalue weighted by Crippen LogP contribution is -2.40. The Bertz CT molecular complexity index is 855. The van der Waals surface area contributed by atoms with Gasteiger partial charge in [-0.1, -0.05) is 25.9 Å². The monoisotopic (exact) mass is 384 g/mol. The Balaban J connectivity index is 1.67. The molecular formula is C22H32N4O2. The van der Waals surface area contributed by atoms with E-state index in [0.29, 0.717) is 17.5 Å². The minimum Gasteiger partial charge on any atom is -0.339 e. The largest absolute Gasteiger partial charge is 0.339 e. The summed E-state index contributed by atoms with van der Waals surface area (Å²) in [5.41, 5.74) is 3.16. The molecule has 4 rings (SSSR count). The Morgan fingerprint density at radius 3 is 2.57 bits per heavy atom. The van der Waals surface area contributed by atoms with Gasteiger partial charge in [0.2, 0.25) is 0 Å². The van der Waals surface area contributed by atoms with E-state index in [0.717, 1.165) is 74.1 Å². The number of piperidine rings is 1. The highest BCUT2D eigenvalue weighted by Gasteiger charge is 2.32. The molecule has 0 aromatic carbocycles. The Labute approximate surface area is 167 Å². The van der Waals surface area contributed by atoms with Crippen LogP contribution in [0.15, 0.2) is 10.6 Å². The van der Waals surface area contributed by atoms with Gasteiger partial charge in [0.05, 0.1) is 16.6 Å². The summed E-state index contributed by atoms with van der Waals surface area (Å²) in [5.74, 6) is 1.23. The molecule has 1 saturated heterocycles. The zero-order valence-corrected chi connectivity index (χ0v) is 17.5. The lowest BCUT2D eigenvalue weighted by Gasteiger charge is -2.32. The van der Waals surface area contributed by atoms with Crippen LogP contribution in [0.5, 0.6) is 0 Å². The molecule has 28 heavy (non-hydrogen) atoms. The summed E-state index contributed by atoms with van der Waals surface area (Å²) in [6.07, 6.45) is 5.15. The van der Waals surface area contributed by atoms with Gasteiger partial charge in [0.15, 0.2) is 0 Å². The predicted octanol–water partition coefficient (Wildman–Crippen LogP) is 3.76. The zero-order chi connectivity index (χ0) is 19.9. The molecule has 152 valence electrons. The second-order valence-electron chi connectivity index (χ2n) is 9.71. The van der Waals surface area contributed by atoms with Crippen molar-refractivity contribution in [2.24, 2.45) is 11.3 Å². The lowest BCUT2D eigenvalue weighted by atomic mass is 9.89. The van der Waals surface area contributed by atoms with Crippen LogP contribution < -0.4 is 5.32 Å². The van der Waals surface area contributed by atoms with Gasteiger partial charge in [0.25, 0.3) is 11.6 Å². The summed E-state index contributed by atoms with van der Waals surface area (Å²) in [5, 5.41) is 8.39. The maximum atomic E-state index is 13.5. The number of hydrogen-bond acceptors (Lipinski definition) is 5. The molecule has 1 amide bonds. The SMILES string of the molecule is CNCC1CCN(C(=O)c2cc(C3CC3)nc3onc(CC(C)(C)C)c23)CC1. The molecule has 3 heterocycles. The first-order valence-electron chi connectivity index (χ1n) is 10.6. The topological polar surface area (TPSA) is 71.3 Å². The van der Waals surface area contributed by atoms with Crippen LogP contribution in [-0.4, -0.2) is 47.6 Å². The fourth-order valence-electron chi connectivity index (χ4n) is 4.21. The molecule has 0 atom stereocenters. The van der Waals surface area contributed by atoms with Gasteiger partial charge in [-0.15, -0.1) is 0 Å². The smallest absolute Gasteiger partial charge is 0.259 e. The first-order valence-corrected chi connectivity index (χ1v) is 10.6. The molecule has 6 nitrogen and oxygen atoms in total. The minimum absolute atomic E-state index is 0.0603. The van der Waals surface area contributed by atoms with E-state index in [1.807, 2.05) is 18.0 Å². The van der Waals surface area contributed by atoms with Gasteiger partial charge in [-0.25, -0.2) is 4.98 Å². The summed E-state index contributed by atoms with van der Waals surface area (Å²) >= 11 is 0. The van der Waals surface area contributed by atoms with Gasteiger partial charge >= 0.3 is 0 Å². The molecule has 2 aliphatic rings. The van der Waals surface area contributed by atoms with Crippen LogP contribution in [0, 0.1) is 11.3 Å². The fourth-order valence-corrected chi connectivity index (χ4v) is 4.21. The molecule has 6 heteroatoms. The van der Waals surface area contributed by atoms with Gasteiger partial charge in [-0.3, -0.25) is 4.79 Å². The minimum atomic E-state index is 0.0603. The number of amides is 1. The Kier molecular flexibility index (Phi) is 5.17. The summed E-state index contributed by atoms with van der Waals surface area (Å²) < 4.78 is 5.60. The highest BCUT2D eigenvalue weighted by molar-refractivity contribution is 6.06. The molecule has 1 saturated carbocycles. The molecule has 1 aliphatic heterocycles. The first kappa shape index (κ1) is 19.4. The van der Waals surface area contributed by atoms with Crippen LogP contribution in [0.2, 0.25) is 0 Å². The van der Waals surface area contributed by atoms with Crippen LogP contribution in [0.1, 0.15) is 74.1 Å². The van der Waals surface area contributed by atoms with E-state index in [2.05, 4.69) is 31.2 Å². The van der Waals surface area contributed by atoms with Crippen molar-refractivity contribution < 1.29 is 9.32 Å². The number of fused-ring (bicyclic) bond motifs is 1. The first-order chi connectivity index (χ1) is 13.4. The Hall–Kier alpha value is -1.95. The van der Waals surface area contributed by atoms with Crippen LogP contribution >= 0.6 is 0 Å². The average molecular weight is 385 g/mol. The predicted molar refractivity (Wildman–Crippen MR) is 109 cm³/mol. The molecule has 0 bridgehead atoms. The van der Waals surface area contributed by atoms with Crippen molar-refractivity contribution in [3.8, 4) is 0 Å². The molecule has 2 aromatic heterocycles. The number of hydrogen-bond donors (Lipinski definition) is 1. The number of carbonyl (C=O) groups excluding carboxylic acids is 1. The molecule has 0 unspecified atom stereocenters. The second-order valence-corrected chi connectivity index (χ2v) is 9.71. The summed E-state index contributed by atoms with van der Waals surface area (Å²) in [6.45, 7) is 9.17. The lowest BCUT2D eigenvalue weighted by molar-refractivity contribution is 0.0692. The molecular weight excluding hydrogens is 352 g/mol. The van der Waals surface area contributed by atoms with E-state index >= 15 is 0 Å².